The lowest BCUT2D eigenvalue weighted by Crippen LogP contribution is -2.26. The number of nitrogens with zero attached hydrogens (tertiary/aromatic N) is 2. The van der Waals surface area contributed by atoms with E-state index in [-0.39, 0.29) is 17.8 Å². The second-order valence-electron chi connectivity index (χ2n) is 6.05. The molecule has 2 heterocycles. The summed E-state index contributed by atoms with van der Waals surface area (Å²) in [4.78, 5) is 12.5. The second-order valence-corrected chi connectivity index (χ2v) is 6.05. The van der Waals surface area contributed by atoms with Crippen LogP contribution in [0.25, 0.3) is 11.0 Å². The molecule has 22 heavy (non-hydrogen) atoms. The molecule has 0 saturated carbocycles. The van der Waals surface area contributed by atoms with E-state index in [2.05, 4.69) is 19.1 Å². The minimum Gasteiger partial charge on any atom is -0.376 e. The Labute approximate surface area is 130 Å². The Bertz CT molecular complexity index is 738. The zero-order valence-corrected chi connectivity index (χ0v) is 13.6. The van der Waals surface area contributed by atoms with Crippen molar-refractivity contribution < 1.29 is 4.74 Å². The highest BCUT2D eigenvalue weighted by molar-refractivity contribution is 5.78. The number of imidazole rings is 1. The van der Waals surface area contributed by atoms with Crippen LogP contribution in [0.15, 0.2) is 16.9 Å². The first-order chi connectivity index (χ1) is 10.6. The van der Waals surface area contributed by atoms with Gasteiger partial charge in [0.2, 0.25) is 0 Å². The Morgan fingerprint density at radius 2 is 1.91 bits per heavy atom. The van der Waals surface area contributed by atoms with Crippen molar-refractivity contribution in [1.29, 1.82) is 0 Å². The van der Waals surface area contributed by atoms with Crippen molar-refractivity contribution in [3.8, 4) is 0 Å². The normalized spacial score (nSPS) is 19.9. The zero-order chi connectivity index (χ0) is 15.9. The lowest BCUT2D eigenvalue weighted by molar-refractivity contribution is 0.0899. The number of nitrogens with two attached hydrogens (primary N) is 1. The van der Waals surface area contributed by atoms with E-state index in [0.717, 1.165) is 41.6 Å². The lowest BCUT2D eigenvalue weighted by Gasteiger charge is -2.21. The molecular formula is C17H25N3O2. The molecule has 1 aromatic carbocycles. The molecule has 1 saturated heterocycles. The molecule has 2 N–H and O–H groups in total. The Kier molecular flexibility index (Phi) is 4.10. The number of rotatable bonds is 4. The fourth-order valence-electron chi connectivity index (χ4n) is 3.54. The van der Waals surface area contributed by atoms with Gasteiger partial charge in [-0.3, -0.25) is 9.13 Å². The first-order valence-electron chi connectivity index (χ1n) is 8.19. The largest absolute Gasteiger partial charge is 0.376 e. The van der Waals surface area contributed by atoms with E-state index in [1.165, 1.54) is 0 Å². The molecule has 2 atom stereocenters. The van der Waals surface area contributed by atoms with Crippen LogP contribution in [0.1, 0.15) is 43.9 Å². The van der Waals surface area contributed by atoms with Crippen LogP contribution in [0, 0.1) is 6.92 Å². The maximum Gasteiger partial charge on any atom is 0.329 e. The van der Waals surface area contributed by atoms with Crippen LogP contribution >= 0.6 is 0 Å². The molecule has 3 rings (SSSR count). The Hall–Kier alpha value is -1.59. The Morgan fingerprint density at radius 1 is 1.27 bits per heavy atom. The SMILES string of the molecule is CCn1c(=O)n(CC)c2cc(C(N)C3CCCO3)c(C)cc21. The zero-order valence-electron chi connectivity index (χ0n) is 13.6. The fourth-order valence-corrected chi connectivity index (χ4v) is 3.54. The van der Waals surface area contributed by atoms with Crippen LogP contribution in [-0.2, 0) is 17.8 Å². The minimum atomic E-state index is -0.128. The van der Waals surface area contributed by atoms with E-state index < -0.39 is 0 Å². The highest BCUT2D eigenvalue weighted by atomic mass is 16.5. The van der Waals surface area contributed by atoms with E-state index in [0.29, 0.717) is 13.1 Å². The summed E-state index contributed by atoms with van der Waals surface area (Å²) in [5, 5.41) is 0. The van der Waals surface area contributed by atoms with Crippen molar-refractivity contribution in [2.75, 3.05) is 6.61 Å². The summed E-state index contributed by atoms with van der Waals surface area (Å²) in [6, 6.07) is 4.06. The molecule has 5 heteroatoms. The number of aryl methyl sites for hydroxylation is 3. The van der Waals surface area contributed by atoms with E-state index in [1.807, 2.05) is 23.0 Å². The maximum absolute atomic E-state index is 12.5. The van der Waals surface area contributed by atoms with E-state index in [1.54, 1.807) is 0 Å². The average molecular weight is 303 g/mol. The number of aromatic nitrogens is 2. The molecule has 0 amide bonds. The summed E-state index contributed by atoms with van der Waals surface area (Å²) in [5.74, 6) is 0. The summed E-state index contributed by atoms with van der Waals surface area (Å²) in [6.45, 7) is 8.21. The first-order valence-corrected chi connectivity index (χ1v) is 8.19. The number of fused-ring (bicyclic) bond motifs is 1. The summed E-state index contributed by atoms with van der Waals surface area (Å²) in [7, 11) is 0. The predicted octanol–water partition coefficient (Wildman–Crippen LogP) is 2.33. The molecule has 0 spiro atoms. The van der Waals surface area contributed by atoms with Crippen molar-refractivity contribution in [2.45, 2.75) is 58.8 Å². The van der Waals surface area contributed by atoms with Gasteiger partial charge in [0, 0.05) is 19.7 Å². The highest BCUT2D eigenvalue weighted by Gasteiger charge is 2.26. The Balaban J connectivity index is 2.16. The van der Waals surface area contributed by atoms with E-state index in [4.69, 9.17) is 10.5 Å². The average Bonchev–Trinajstić information content (AvgIpc) is 3.11. The van der Waals surface area contributed by atoms with Gasteiger partial charge in [0.15, 0.2) is 0 Å². The van der Waals surface area contributed by atoms with Gasteiger partial charge in [-0.15, -0.1) is 0 Å². The molecule has 0 aliphatic carbocycles. The molecule has 5 nitrogen and oxygen atoms in total. The third-order valence-electron chi connectivity index (χ3n) is 4.76. The molecule has 1 aliphatic heterocycles. The molecule has 0 radical (unpaired) electrons. The molecule has 1 aliphatic rings. The van der Waals surface area contributed by atoms with Crippen molar-refractivity contribution >= 4 is 11.0 Å². The van der Waals surface area contributed by atoms with Crippen LogP contribution in [0.4, 0.5) is 0 Å². The monoisotopic (exact) mass is 303 g/mol. The summed E-state index contributed by atoms with van der Waals surface area (Å²) in [5.41, 5.74) is 10.7. The molecular weight excluding hydrogens is 278 g/mol. The van der Waals surface area contributed by atoms with Crippen LogP contribution in [-0.4, -0.2) is 21.8 Å². The van der Waals surface area contributed by atoms with Gasteiger partial charge in [-0.05, 0) is 56.9 Å². The first kappa shape index (κ1) is 15.3. The molecule has 1 fully saturated rings. The molecule has 1 aromatic heterocycles. The Morgan fingerprint density at radius 3 is 2.45 bits per heavy atom. The summed E-state index contributed by atoms with van der Waals surface area (Å²) >= 11 is 0. The van der Waals surface area contributed by atoms with Crippen molar-refractivity contribution in [1.82, 2.24) is 9.13 Å². The molecule has 2 unspecified atom stereocenters. The number of ether oxygens (including phenoxy) is 1. The fraction of sp³-hybridized carbons (Fsp3) is 0.588. The van der Waals surface area contributed by atoms with Gasteiger partial charge in [-0.25, -0.2) is 4.79 Å². The van der Waals surface area contributed by atoms with Crippen LogP contribution in [0.3, 0.4) is 0 Å². The number of hydrogen-bond acceptors (Lipinski definition) is 3. The van der Waals surface area contributed by atoms with Crippen molar-refractivity contribution in [2.24, 2.45) is 5.73 Å². The molecule has 120 valence electrons. The minimum absolute atomic E-state index is 0.0576. The van der Waals surface area contributed by atoms with Crippen LogP contribution in [0.5, 0.6) is 0 Å². The number of hydrogen-bond donors (Lipinski definition) is 1. The maximum atomic E-state index is 12.5. The van der Waals surface area contributed by atoms with Gasteiger partial charge in [0.05, 0.1) is 23.2 Å². The smallest absolute Gasteiger partial charge is 0.329 e. The topological polar surface area (TPSA) is 62.2 Å². The quantitative estimate of drug-likeness (QED) is 0.943. The van der Waals surface area contributed by atoms with Gasteiger partial charge in [-0.2, -0.15) is 0 Å². The standard InChI is InChI=1S/C17H25N3O2/c1-4-19-13-9-11(3)12(16(18)15-7-6-8-22-15)10-14(13)20(5-2)17(19)21/h9-10,15-16H,4-8,18H2,1-3H3. The van der Waals surface area contributed by atoms with Crippen molar-refractivity contribution in [3.63, 3.8) is 0 Å². The number of benzene rings is 1. The van der Waals surface area contributed by atoms with Gasteiger partial charge in [-0.1, -0.05) is 0 Å². The lowest BCUT2D eigenvalue weighted by atomic mass is 9.95. The third-order valence-corrected chi connectivity index (χ3v) is 4.76. The van der Waals surface area contributed by atoms with Gasteiger partial charge < -0.3 is 10.5 Å². The molecule has 2 aromatic rings. The van der Waals surface area contributed by atoms with Crippen molar-refractivity contribution in [3.05, 3.63) is 33.7 Å². The molecule has 0 bridgehead atoms. The summed E-state index contributed by atoms with van der Waals surface area (Å²) in [6.07, 6.45) is 2.17. The van der Waals surface area contributed by atoms with E-state index in [9.17, 15) is 4.79 Å². The van der Waals surface area contributed by atoms with Crippen LogP contribution in [0.2, 0.25) is 0 Å². The van der Waals surface area contributed by atoms with E-state index >= 15 is 0 Å². The second kappa shape index (κ2) is 5.89. The predicted molar refractivity (Wildman–Crippen MR) is 88.2 cm³/mol. The van der Waals surface area contributed by atoms with Gasteiger partial charge in [0.1, 0.15) is 0 Å². The highest BCUT2D eigenvalue weighted by Crippen LogP contribution is 2.29. The van der Waals surface area contributed by atoms with Gasteiger partial charge >= 0.3 is 5.69 Å². The van der Waals surface area contributed by atoms with Crippen LogP contribution < -0.4 is 11.4 Å². The third kappa shape index (κ3) is 2.29. The summed E-state index contributed by atoms with van der Waals surface area (Å²) < 4.78 is 9.39. The van der Waals surface area contributed by atoms with Gasteiger partial charge in [0.25, 0.3) is 0 Å².